The van der Waals surface area contributed by atoms with Crippen molar-refractivity contribution in [3.05, 3.63) is 27.2 Å². The van der Waals surface area contributed by atoms with Crippen LogP contribution in [0.4, 0.5) is 0 Å². The second-order valence-corrected chi connectivity index (χ2v) is 6.95. The van der Waals surface area contributed by atoms with Gasteiger partial charge in [-0.3, -0.25) is 0 Å². The SMILES string of the molecule is CCCC(O)CNS(=O)(=O)c1c(Cl)cc(Cl)cc1Cl. The predicted octanol–water partition coefficient (Wildman–Crippen LogP) is 3.09. The van der Waals surface area contributed by atoms with Crippen LogP contribution >= 0.6 is 34.8 Å². The van der Waals surface area contributed by atoms with E-state index in [0.717, 1.165) is 6.42 Å². The Kier molecular flexibility index (Phi) is 6.36. The maximum atomic E-state index is 12.1. The summed E-state index contributed by atoms with van der Waals surface area (Å²) < 4.78 is 26.4. The van der Waals surface area contributed by atoms with Crippen molar-refractivity contribution < 1.29 is 13.5 Å². The monoisotopic (exact) mass is 345 g/mol. The van der Waals surface area contributed by atoms with Crippen molar-refractivity contribution in [2.24, 2.45) is 0 Å². The van der Waals surface area contributed by atoms with Crippen molar-refractivity contribution in [1.29, 1.82) is 0 Å². The van der Waals surface area contributed by atoms with E-state index in [2.05, 4.69) is 4.72 Å². The molecule has 1 atom stereocenters. The van der Waals surface area contributed by atoms with Gasteiger partial charge in [-0.15, -0.1) is 0 Å². The third-order valence-electron chi connectivity index (χ3n) is 2.36. The summed E-state index contributed by atoms with van der Waals surface area (Å²) in [7, 11) is -3.88. The quantitative estimate of drug-likeness (QED) is 0.832. The fourth-order valence-electron chi connectivity index (χ4n) is 1.50. The van der Waals surface area contributed by atoms with E-state index in [1.807, 2.05) is 6.92 Å². The topological polar surface area (TPSA) is 66.4 Å². The number of sulfonamides is 1. The molecule has 0 aliphatic carbocycles. The Balaban J connectivity index is 2.95. The van der Waals surface area contributed by atoms with E-state index in [1.54, 1.807) is 0 Å². The van der Waals surface area contributed by atoms with Crippen LogP contribution in [0.2, 0.25) is 15.1 Å². The van der Waals surface area contributed by atoms with Crippen LogP contribution in [0.5, 0.6) is 0 Å². The number of hydrogen-bond acceptors (Lipinski definition) is 3. The van der Waals surface area contributed by atoms with Gasteiger partial charge in [0.05, 0.1) is 16.1 Å². The van der Waals surface area contributed by atoms with Gasteiger partial charge in [0.2, 0.25) is 10.0 Å². The molecule has 0 bridgehead atoms. The summed E-state index contributed by atoms with van der Waals surface area (Å²) in [5, 5.41) is 9.66. The number of benzene rings is 1. The number of halogens is 3. The minimum atomic E-state index is -3.88. The molecule has 8 heteroatoms. The molecule has 2 N–H and O–H groups in total. The van der Waals surface area contributed by atoms with Crippen LogP contribution in [0.25, 0.3) is 0 Å². The third kappa shape index (κ3) is 4.77. The molecule has 0 spiro atoms. The Hall–Kier alpha value is -0.0400. The molecule has 1 rings (SSSR count). The number of aliphatic hydroxyl groups excluding tert-OH is 1. The van der Waals surface area contributed by atoms with Gasteiger partial charge >= 0.3 is 0 Å². The van der Waals surface area contributed by atoms with Crippen LogP contribution in [0, 0.1) is 0 Å². The zero-order valence-electron chi connectivity index (χ0n) is 10.2. The summed E-state index contributed by atoms with van der Waals surface area (Å²) in [6.07, 6.45) is 0.514. The standard InChI is InChI=1S/C11H14Cl3NO3S/c1-2-3-8(16)6-15-19(17,18)11-9(13)4-7(12)5-10(11)14/h4-5,8,15-16H,2-3,6H2,1H3. The second-order valence-electron chi connectivity index (χ2n) is 3.99. The summed E-state index contributed by atoms with van der Waals surface area (Å²) in [5.74, 6) is 0. The van der Waals surface area contributed by atoms with Crippen molar-refractivity contribution in [2.75, 3.05) is 6.54 Å². The van der Waals surface area contributed by atoms with Crippen molar-refractivity contribution in [3.8, 4) is 0 Å². The van der Waals surface area contributed by atoms with Gasteiger partial charge in [0.25, 0.3) is 0 Å². The average Bonchev–Trinajstić information content (AvgIpc) is 2.25. The Morgan fingerprint density at radius 2 is 1.79 bits per heavy atom. The average molecular weight is 347 g/mol. The van der Waals surface area contributed by atoms with Gasteiger partial charge in [-0.1, -0.05) is 48.1 Å². The van der Waals surface area contributed by atoms with Gasteiger partial charge in [-0.05, 0) is 18.6 Å². The molecule has 1 aromatic rings. The fraction of sp³-hybridized carbons (Fsp3) is 0.455. The van der Waals surface area contributed by atoms with Crippen molar-refractivity contribution in [3.63, 3.8) is 0 Å². The maximum absolute atomic E-state index is 12.1. The molecule has 0 aliphatic heterocycles. The Bertz CT molecular complexity index is 525. The van der Waals surface area contributed by atoms with E-state index >= 15 is 0 Å². The van der Waals surface area contributed by atoms with Crippen LogP contribution in [-0.4, -0.2) is 26.2 Å². The molecule has 0 fully saturated rings. The molecule has 0 aromatic heterocycles. The lowest BCUT2D eigenvalue weighted by Gasteiger charge is -2.13. The van der Waals surface area contributed by atoms with E-state index in [-0.39, 0.29) is 26.5 Å². The van der Waals surface area contributed by atoms with Crippen molar-refractivity contribution in [2.45, 2.75) is 30.8 Å². The van der Waals surface area contributed by atoms with Gasteiger partial charge in [-0.2, -0.15) is 0 Å². The first kappa shape index (κ1) is 17.0. The molecular weight excluding hydrogens is 333 g/mol. The maximum Gasteiger partial charge on any atom is 0.243 e. The molecule has 0 aliphatic rings. The van der Waals surface area contributed by atoms with Crippen LogP contribution in [-0.2, 0) is 10.0 Å². The van der Waals surface area contributed by atoms with E-state index in [1.165, 1.54) is 12.1 Å². The van der Waals surface area contributed by atoms with Crippen molar-refractivity contribution in [1.82, 2.24) is 4.72 Å². The zero-order chi connectivity index (χ0) is 14.6. The van der Waals surface area contributed by atoms with Gasteiger partial charge in [0.15, 0.2) is 0 Å². The fourth-order valence-corrected chi connectivity index (χ4v) is 4.11. The number of nitrogens with one attached hydrogen (secondary N) is 1. The smallest absolute Gasteiger partial charge is 0.243 e. The molecule has 4 nitrogen and oxygen atoms in total. The Morgan fingerprint density at radius 3 is 2.26 bits per heavy atom. The highest BCUT2D eigenvalue weighted by Crippen LogP contribution is 2.32. The second kappa shape index (κ2) is 7.11. The molecule has 0 saturated heterocycles. The predicted molar refractivity (Wildman–Crippen MR) is 77.6 cm³/mol. The largest absolute Gasteiger partial charge is 0.392 e. The highest BCUT2D eigenvalue weighted by molar-refractivity contribution is 7.89. The van der Waals surface area contributed by atoms with Crippen LogP contribution in [0.1, 0.15) is 19.8 Å². The first-order valence-corrected chi connectivity index (χ1v) is 8.22. The molecule has 19 heavy (non-hydrogen) atoms. The highest BCUT2D eigenvalue weighted by Gasteiger charge is 2.23. The van der Waals surface area contributed by atoms with Gasteiger partial charge in [0.1, 0.15) is 4.90 Å². The molecule has 1 unspecified atom stereocenters. The van der Waals surface area contributed by atoms with Crippen LogP contribution < -0.4 is 4.72 Å². The van der Waals surface area contributed by atoms with E-state index in [0.29, 0.717) is 6.42 Å². The first-order chi connectivity index (χ1) is 8.77. The Morgan fingerprint density at radius 1 is 1.26 bits per heavy atom. The summed E-state index contributed by atoms with van der Waals surface area (Å²) in [4.78, 5) is -0.232. The lowest BCUT2D eigenvalue weighted by Crippen LogP contribution is -2.32. The summed E-state index contributed by atoms with van der Waals surface area (Å²) in [5.41, 5.74) is 0. The summed E-state index contributed by atoms with van der Waals surface area (Å²) in [6, 6.07) is 2.60. The van der Waals surface area contributed by atoms with E-state index in [9.17, 15) is 13.5 Å². The molecule has 0 saturated carbocycles. The number of aliphatic hydroxyl groups is 1. The van der Waals surface area contributed by atoms with Crippen molar-refractivity contribution >= 4 is 44.8 Å². The molecule has 1 aromatic carbocycles. The molecule has 0 amide bonds. The zero-order valence-corrected chi connectivity index (χ0v) is 13.2. The lowest BCUT2D eigenvalue weighted by atomic mass is 10.2. The molecule has 0 radical (unpaired) electrons. The van der Waals surface area contributed by atoms with E-state index in [4.69, 9.17) is 34.8 Å². The van der Waals surface area contributed by atoms with Crippen LogP contribution in [0.15, 0.2) is 17.0 Å². The van der Waals surface area contributed by atoms with Crippen LogP contribution in [0.3, 0.4) is 0 Å². The Labute approximate surface area is 127 Å². The minimum absolute atomic E-state index is 0.0602. The van der Waals surface area contributed by atoms with Gasteiger partial charge in [0, 0.05) is 11.6 Å². The minimum Gasteiger partial charge on any atom is -0.392 e. The lowest BCUT2D eigenvalue weighted by molar-refractivity contribution is 0.167. The number of rotatable bonds is 6. The van der Waals surface area contributed by atoms with Gasteiger partial charge < -0.3 is 5.11 Å². The normalized spacial score (nSPS) is 13.5. The molecule has 108 valence electrons. The molecular formula is C11H14Cl3NO3S. The summed E-state index contributed by atoms with van der Waals surface area (Å²) >= 11 is 17.4. The highest BCUT2D eigenvalue weighted by atomic mass is 35.5. The van der Waals surface area contributed by atoms with E-state index < -0.39 is 16.1 Å². The third-order valence-corrected chi connectivity index (χ3v) is 4.93. The molecule has 0 heterocycles. The summed E-state index contributed by atoms with van der Waals surface area (Å²) in [6.45, 7) is 1.80. The number of hydrogen-bond donors (Lipinski definition) is 2. The first-order valence-electron chi connectivity index (χ1n) is 5.60. The van der Waals surface area contributed by atoms with Gasteiger partial charge in [-0.25, -0.2) is 13.1 Å².